The largest absolute Gasteiger partial charge is 0.506 e. The summed E-state index contributed by atoms with van der Waals surface area (Å²) in [4.78, 5) is 36.6. The molecule has 6 aliphatic carbocycles. The molecule has 1 radical (unpaired) electrons. The number of carbonyl (C=O) groups excluding carboxylic acids is 3. The van der Waals surface area contributed by atoms with Crippen LogP contribution in [0.5, 0.6) is 0 Å². The molecule has 6 atom stereocenters. The molecule has 0 saturated heterocycles. The van der Waals surface area contributed by atoms with Crippen LogP contribution < -0.4 is 0 Å². The van der Waals surface area contributed by atoms with Crippen molar-refractivity contribution < 1.29 is 163 Å². The maximum Gasteiger partial charge on any atom is 0.460 e. The minimum absolute atomic E-state index is 0. The van der Waals surface area contributed by atoms with Crippen LogP contribution >= 0.6 is 0 Å². The van der Waals surface area contributed by atoms with Gasteiger partial charge in [-0.15, -0.1) is 0 Å². The van der Waals surface area contributed by atoms with Gasteiger partial charge < -0.3 is 15.3 Å². The fourth-order valence-electron chi connectivity index (χ4n) is 11.1. The molecule has 70 heavy (non-hydrogen) atoms. The van der Waals surface area contributed by atoms with Crippen LogP contribution in [0, 0.1) is 91.5 Å². The van der Waals surface area contributed by atoms with Crippen molar-refractivity contribution >= 4 is 17.3 Å². The zero-order chi connectivity index (χ0) is 54.7. The molecule has 0 aromatic rings. The minimum atomic E-state index is -6.57. The van der Waals surface area contributed by atoms with E-state index in [2.05, 4.69) is 0 Å². The molecule has 6 aliphatic rings. The molecular weight excluding hydrogens is 1140 g/mol. The first-order valence-corrected chi connectivity index (χ1v) is 20.5. The maximum atomic E-state index is 13.7. The molecule has 6 bridgehead atoms. The van der Waals surface area contributed by atoms with E-state index in [4.69, 9.17) is 0 Å². The van der Waals surface area contributed by atoms with E-state index in [-0.39, 0.29) is 60.6 Å². The predicted octanol–water partition coefficient (Wildman–Crippen LogP) is 14.0. The molecule has 0 unspecified atom stereocenters. The van der Waals surface area contributed by atoms with Crippen molar-refractivity contribution in [1.82, 2.24) is 0 Å². The Morgan fingerprint density at radius 1 is 0.400 bits per heavy atom. The summed E-state index contributed by atoms with van der Waals surface area (Å²) in [6.45, 7) is 13.4. The van der Waals surface area contributed by atoms with Gasteiger partial charge in [0.2, 0.25) is 0 Å². The average Bonchev–Trinajstić information content (AvgIpc) is 3.78. The summed E-state index contributed by atoms with van der Waals surface area (Å²) in [5, 5.41) is 28.7. The zero-order valence-electron chi connectivity index (χ0n) is 38.1. The first kappa shape index (κ1) is 61.8. The number of hydrogen-bond acceptors (Lipinski definition) is 6. The number of alkyl halides is 21. The number of aliphatic hydroxyl groups is 3. The second-order valence-corrected chi connectivity index (χ2v) is 20.6. The molecule has 6 saturated carbocycles. The third-order valence-electron chi connectivity index (χ3n) is 16.9. The molecule has 6 fully saturated rings. The van der Waals surface area contributed by atoms with Crippen molar-refractivity contribution in [2.24, 2.45) is 50.2 Å². The van der Waals surface area contributed by atoms with Crippen LogP contribution in [0.1, 0.15) is 101 Å². The van der Waals surface area contributed by atoms with Gasteiger partial charge in [0, 0.05) is 86.1 Å². The number of ketones is 3. The standard InChI is InChI=1S/3C14H15F7O2.Pr/c2*1-10(2)6-4-5-11(10,3)7(8(6)22)9(23)12(15,16)13(17,18)14(19,20)21;1-10(2)6-4-5-11(10,3)8(22)7(6)9(23)12(15,16)13(17,18)14(19,20)21;/h3*6,23H,4-5H2,1-3H3;/b2*9-7+;;/t3*6-,11+;/m110./s1. The van der Waals surface area contributed by atoms with Gasteiger partial charge in [0.1, 0.15) is 0 Å². The fraction of sp³-hybridized carbons (Fsp3) is 0.786. The number of hydrogen-bond donors (Lipinski definition) is 3. The van der Waals surface area contributed by atoms with E-state index in [9.17, 15) is 122 Å². The normalized spacial score (nSPS) is 32.8. The molecule has 0 aromatic carbocycles. The second-order valence-electron chi connectivity index (χ2n) is 20.6. The first-order valence-electron chi connectivity index (χ1n) is 20.5. The second kappa shape index (κ2) is 17.0. The SMILES string of the molecule is CC1(C)[C@@H]2CC[C@@]1(C)/C(=C(/O)C(F)(F)C(F)(F)C(F)(F)F)C2=O.CC1(C)[C@@H]2CC[C@@]1(C)/C(=C(/O)C(F)(F)C(F)(F)C(F)(F)F)C2=O.CC1(C)[C@H]2CC[C@]1(C)C(=O)C2=C(O)C(F)(F)C(F)(F)C(F)(F)F.[Pr]. The Morgan fingerprint density at radius 2 is 0.629 bits per heavy atom. The summed E-state index contributed by atoms with van der Waals surface area (Å²) in [6, 6.07) is 0. The van der Waals surface area contributed by atoms with Crippen LogP contribution in [0.3, 0.4) is 0 Å². The summed E-state index contributed by atoms with van der Waals surface area (Å²) < 4.78 is 271. The van der Waals surface area contributed by atoms with E-state index in [1.165, 1.54) is 20.8 Å². The van der Waals surface area contributed by atoms with Crippen molar-refractivity contribution in [2.75, 3.05) is 0 Å². The van der Waals surface area contributed by atoms with E-state index in [0.717, 1.165) is 0 Å². The Labute approximate surface area is 417 Å². The van der Waals surface area contributed by atoms with Gasteiger partial charge in [-0.3, -0.25) is 14.4 Å². The number of fused-ring (bicyclic) bond motifs is 6. The molecule has 3 N–H and O–H groups in total. The number of carbonyl (C=O) groups is 3. The summed E-state index contributed by atoms with van der Waals surface area (Å²) in [6.07, 6.45) is -18.4. The van der Waals surface area contributed by atoms with Crippen LogP contribution in [0.2, 0.25) is 0 Å². The molecule has 0 spiro atoms. The predicted molar refractivity (Wildman–Crippen MR) is 196 cm³/mol. The van der Waals surface area contributed by atoms with E-state index in [1.807, 2.05) is 0 Å². The van der Waals surface area contributed by atoms with Crippen LogP contribution in [0.4, 0.5) is 92.2 Å². The van der Waals surface area contributed by atoms with Gasteiger partial charge in [-0.25, -0.2) is 0 Å². The Balaban J connectivity index is 0.000000276. The molecule has 0 aliphatic heterocycles. The van der Waals surface area contributed by atoms with Gasteiger partial charge in [0.05, 0.1) is 0 Å². The molecule has 6 nitrogen and oxygen atoms in total. The van der Waals surface area contributed by atoms with Crippen LogP contribution in [-0.2, 0) is 14.4 Å². The third kappa shape index (κ3) is 7.84. The Bertz CT molecular complexity index is 2160. The number of rotatable bonds is 6. The average molecular weight is 1190 g/mol. The Hall–Kier alpha value is -2.48. The van der Waals surface area contributed by atoms with E-state index >= 15 is 0 Å². The monoisotopic (exact) mass is 1190 g/mol. The molecule has 0 heterocycles. The summed E-state index contributed by atoms with van der Waals surface area (Å²) >= 11 is 0. The van der Waals surface area contributed by atoms with E-state index < -0.39 is 156 Å². The Kier molecular flexibility index (Phi) is 15.0. The van der Waals surface area contributed by atoms with Crippen LogP contribution in [0.25, 0.3) is 0 Å². The van der Waals surface area contributed by atoms with E-state index in [0.29, 0.717) is 19.3 Å². The smallest absolute Gasteiger partial charge is 0.460 e. The molecule has 28 heteroatoms. The van der Waals surface area contributed by atoms with E-state index in [1.54, 1.807) is 41.5 Å². The number of aliphatic hydroxyl groups excluding tert-OH is 3. The molecule has 0 aromatic heterocycles. The number of allylic oxidation sites excluding steroid dienone is 6. The first-order chi connectivity index (χ1) is 30.1. The molecule has 0 amide bonds. The number of halogens is 21. The quantitative estimate of drug-likeness (QED) is 0.139. The van der Waals surface area contributed by atoms with Crippen molar-refractivity contribution in [3.05, 3.63) is 34.0 Å². The zero-order valence-corrected chi connectivity index (χ0v) is 41.8. The Morgan fingerprint density at radius 3 is 0.843 bits per heavy atom. The summed E-state index contributed by atoms with van der Waals surface area (Å²) in [5.74, 6) is -50.1. The number of Topliss-reactive ketones (excluding diaryl/α,β-unsaturated/α-hetero) is 3. The van der Waals surface area contributed by atoms with Gasteiger partial charge in [-0.05, 0) is 60.7 Å². The third-order valence-corrected chi connectivity index (χ3v) is 16.9. The van der Waals surface area contributed by atoms with Crippen LogP contribution in [0.15, 0.2) is 34.0 Å². The molecule has 6 rings (SSSR count). The van der Waals surface area contributed by atoms with Gasteiger partial charge in [0.15, 0.2) is 34.6 Å². The molecule has 399 valence electrons. The van der Waals surface area contributed by atoms with Crippen molar-refractivity contribution in [1.29, 1.82) is 0 Å². The van der Waals surface area contributed by atoms with Gasteiger partial charge in [-0.1, -0.05) is 62.3 Å². The van der Waals surface area contributed by atoms with Gasteiger partial charge >= 0.3 is 54.1 Å². The van der Waals surface area contributed by atoms with Gasteiger partial charge in [-0.2, -0.15) is 92.2 Å². The summed E-state index contributed by atoms with van der Waals surface area (Å²) in [7, 11) is 0. The summed E-state index contributed by atoms with van der Waals surface area (Å²) in [5.41, 5.74) is -9.72. The topological polar surface area (TPSA) is 112 Å². The van der Waals surface area contributed by atoms with Crippen molar-refractivity contribution in [2.45, 2.75) is 155 Å². The minimum Gasteiger partial charge on any atom is -0.506 e. The fourth-order valence-corrected chi connectivity index (χ4v) is 11.1. The van der Waals surface area contributed by atoms with Crippen molar-refractivity contribution in [3.63, 3.8) is 0 Å². The maximum absolute atomic E-state index is 13.7. The molecular formula is C42H45F21O6Pr. The van der Waals surface area contributed by atoms with Crippen molar-refractivity contribution in [3.8, 4) is 0 Å². The van der Waals surface area contributed by atoms with Crippen LogP contribution in [-0.4, -0.2) is 86.7 Å². The van der Waals surface area contributed by atoms with Gasteiger partial charge in [0.25, 0.3) is 0 Å².